The summed E-state index contributed by atoms with van der Waals surface area (Å²) in [5.74, 6) is 0. The first-order chi connectivity index (χ1) is 10.1. The highest BCUT2D eigenvalue weighted by Crippen LogP contribution is 2.30. The molecule has 0 aliphatic carbocycles. The summed E-state index contributed by atoms with van der Waals surface area (Å²) in [5.41, 5.74) is 2.76. The monoisotopic (exact) mass is 299 g/mol. The number of nitrogens with zero attached hydrogens (tertiary/aromatic N) is 2. The molecule has 0 radical (unpaired) electrons. The average Bonchev–Trinajstić information content (AvgIpc) is 2.97. The third-order valence-corrected chi connectivity index (χ3v) is 3.36. The number of benzene rings is 2. The minimum absolute atomic E-state index is 0.0452. The van der Waals surface area contributed by atoms with Gasteiger partial charge in [0.15, 0.2) is 0 Å². The zero-order chi connectivity index (χ0) is 14.8. The van der Waals surface area contributed by atoms with Crippen LogP contribution in [0.4, 0.5) is 5.69 Å². The summed E-state index contributed by atoms with van der Waals surface area (Å²) in [6, 6.07) is 15.6. The Hall–Kier alpha value is -2.66. The molecule has 1 aromatic heterocycles. The van der Waals surface area contributed by atoms with Crippen molar-refractivity contribution in [2.75, 3.05) is 0 Å². The molecule has 0 saturated carbocycles. The fourth-order valence-electron chi connectivity index (χ4n) is 2.09. The van der Waals surface area contributed by atoms with Crippen LogP contribution in [0.25, 0.3) is 22.5 Å². The predicted molar refractivity (Wildman–Crippen MR) is 81.1 cm³/mol. The van der Waals surface area contributed by atoms with Crippen molar-refractivity contribution in [3.63, 3.8) is 0 Å². The minimum Gasteiger partial charge on any atom is -0.277 e. The Labute approximate surface area is 125 Å². The first-order valence-electron chi connectivity index (χ1n) is 6.20. The second-order valence-corrected chi connectivity index (χ2v) is 4.88. The van der Waals surface area contributed by atoms with Gasteiger partial charge in [-0.25, -0.2) is 0 Å². The maximum absolute atomic E-state index is 11.1. The third kappa shape index (κ3) is 2.64. The van der Waals surface area contributed by atoms with E-state index in [0.717, 1.165) is 5.56 Å². The Bertz CT molecular complexity index is 797. The molecule has 1 heterocycles. The highest BCUT2D eigenvalue weighted by molar-refractivity contribution is 6.30. The molecule has 3 rings (SSSR count). The number of hydrogen-bond acceptors (Lipinski definition) is 3. The second kappa shape index (κ2) is 5.38. The van der Waals surface area contributed by atoms with Crippen LogP contribution in [0.2, 0.25) is 5.02 Å². The SMILES string of the molecule is O=[N+]([O-])c1ccccc1-c1cc(-c2ccc(Cl)cc2)n[nH]1. The highest BCUT2D eigenvalue weighted by atomic mass is 35.5. The number of aromatic amines is 1. The van der Waals surface area contributed by atoms with Gasteiger partial charge in [-0.05, 0) is 24.3 Å². The molecular weight excluding hydrogens is 290 g/mol. The molecule has 0 unspecified atom stereocenters. The van der Waals surface area contributed by atoms with Gasteiger partial charge in [0.1, 0.15) is 0 Å². The molecule has 2 aromatic carbocycles. The van der Waals surface area contributed by atoms with Crippen molar-refractivity contribution in [3.8, 4) is 22.5 Å². The fraction of sp³-hybridized carbons (Fsp3) is 0. The van der Waals surface area contributed by atoms with Crippen LogP contribution in [0.5, 0.6) is 0 Å². The number of nitro benzene ring substituents is 1. The zero-order valence-corrected chi connectivity index (χ0v) is 11.5. The van der Waals surface area contributed by atoms with Crippen LogP contribution in [0.15, 0.2) is 54.6 Å². The van der Waals surface area contributed by atoms with E-state index < -0.39 is 4.92 Å². The molecule has 1 N–H and O–H groups in total. The Balaban J connectivity index is 2.03. The first-order valence-corrected chi connectivity index (χ1v) is 6.58. The lowest BCUT2D eigenvalue weighted by molar-refractivity contribution is -0.384. The van der Waals surface area contributed by atoms with Gasteiger partial charge in [-0.15, -0.1) is 0 Å². The Morgan fingerprint density at radius 3 is 2.52 bits per heavy atom. The number of nitrogens with one attached hydrogen (secondary N) is 1. The van der Waals surface area contributed by atoms with Gasteiger partial charge in [0.25, 0.3) is 5.69 Å². The minimum atomic E-state index is -0.405. The fourth-order valence-corrected chi connectivity index (χ4v) is 2.21. The van der Waals surface area contributed by atoms with Crippen molar-refractivity contribution in [1.82, 2.24) is 10.2 Å². The van der Waals surface area contributed by atoms with Crippen LogP contribution in [-0.2, 0) is 0 Å². The van der Waals surface area contributed by atoms with Gasteiger partial charge in [0, 0.05) is 16.7 Å². The van der Waals surface area contributed by atoms with Crippen molar-refractivity contribution in [3.05, 3.63) is 69.7 Å². The molecule has 0 amide bonds. The molecule has 21 heavy (non-hydrogen) atoms. The van der Waals surface area contributed by atoms with Gasteiger partial charge in [0.05, 0.1) is 21.9 Å². The summed E-state index contributed by atoms with van der Waals surface area (Å²) in [7, 11) is 0. The Morgan fingerprint density at radius 2 is 1.81 bits per heavy atom. The van der Waals surface area contributed by atoms with Crippen molar-refractivity contribution in [2.24, 2.45) is 0 Å². The van der Waals surface area contributed by atoms with E-state index in [0.29, 0.717) is 22.0 Å². The van der Waals surface area contributed by atoms with E-state index in [1.807, 2.05) is 12.1 Å². The van der Waals surface area contributed by atoms with Gasteiger partial charge < -0.3 is 0 Å². The molecule has 0 spiro atoms. The molecule has 0 bridgehead atoms. The summed E-state index contributed by atoms with van der Waals surface area (Å²) < 4.78 is 0. The normalized spacial score (nSPS) is 10.5. The molecule has 5 nitrogen and oxygen atoms in total. The number of aromatic nitrogens is 2. The second-order valence-electron chi connectivity index (χ2n) is 4.45. The van der Waals surface area contributed by atoms with Crippen LogP contribution in [-0.4, -0.2) is 15.1 Å². The van der Waals surface area contributed by atoms with Gasteiger partial charge >= 0.3 is 0 Å². The molecule has 0 atom stereocenters. The number of nitro groups is 1. The lowest BCUT2D eigenvalue weighted by Crippen LogP contribution is -1.91. The molecule has 6 heteroatoms. The van der Waals surface area contributed by atoms with Gasteiger partial charge in [-0.1, -0.05) is 35.9 Å². The van der Waals surface area contributed by atoms with E-state index in [2.05, 4.69) is 10.2 Å². The van der Waals surface area contributed by atoms with Crippen molar-refractivity contribution >= 4 is 17.3 Å². The van der Waals surface area contributed by atoms with Crippen molar-refractivity contribution < 1.29 is 4.92 Å². The van der Waals surface area contributed by atoms with Crippen LogP contribution >= 0.6 is 11.6 Å². The third-order valence-electron chi connectivity index (χ3n) is 3.11. The molecule has 0 fully saturated rings. The van der Waals surface area contributed by atoms with E-state index in [1.54, 1.807) is 36.4 Å². The van der Waals surface area contributed by atoms with Crippen LogP contribution in [0.3, 0.4) is 0 Å². The quantitative estimate of drug-likeness (QED) is 0.578. The molecule has 0 aliphatic rings. The summed E-state index contributed by atoms with van der Waals surface area (Å²) in [5, 5.41) is 18.8. The Morgan fingerprint density at radius 1 is 1.10 bits per heavy atom. The largest absolute Gasteiger partial charge is 0.278 e. The summed E-state index contributed by atoms with van der Waals surface area (Å²) in [4.78, 5) is 10.7. The van der Waals surface area contributed by atoms with Gasteiger partial charge in [-0.2, -0.15) is 5.10 Å². The number of H-pyrrole nitrogens is 1. The smallest absolute Gasteiger partial charge is 0.277 e. The highest BCUT2D eigenvalue weighted by Gasteiger charge is 2.16. The standard InChI is InChI=1S/C15H10ClN3O2/c16-11-7-5-10(6-8-11)13-9-14(18-17-13)12-3-1-2-4-15(12)19(20)21/h1-9H,(H,17,18). The predicted octanol–water partition coefficient (Wildman–Crippen LogP) is 4.31. The first kappa shape index (κ1) is 13.3. The van der Waals surface area contributed by atoms with E-state index in [9.17, 15) is 10.1 Å². The number of para-hydroxylation sites is 1. The number of halogens is 1. The topological polar surface area (TPSA) is 71.8 Å². The molecule has 3 aromatic rings. The van der Waals surface area contributed by atoms with Crippen LogP contribution in [0, 0.1) is 10.1 Å². The average molecular weight is 300 g/mol. The maximum atomic E-state index is 11.1. The molecule has 104 valence electrons. The van der Waals surface area contributed by atoms with Gasteiger partial charge in [0.2, 0.25) is 0 Å². The van der Waals surface area contributed by atoms with E-state index in [-0.39, 0.29) is 5.69 Å². The maximum Gasteiger partial charge on any atom is 0.278 e. The molecular formula is C15H10ClN3O2. The van der Waals surface area contributed by atoms with Crippen LogP contribution in [0.1, 0.15) is 0 Å². The van der Waals surface area contributed by atoms with Crippen LogP contribution < -0.4 is 0 Å². The Kier molecular flexibility index (Phi) is 3.41. The van der Waals surface area contributed by atoms with Gasteiger partial charge in [-0.3, -0.25) is 15.2 Å². The van der Waals surface area contributed by atoms with Crippen molar-refractivity contribution in [1.29, 1.82) is 0 Å². The van der Waals surface area contributed by atoms with Crippen molar-refractivity contribution in [2.45, 2.75) is 0 Å². The summed E-state index contributed by atoms with van der Waals surface area (Å²) in [6.45, 7) is 0. The summed E-state index contributed by atoms with van der Waals surface area (Å²) in [6.07, 6.45) is 0. The lowest BCUT2D eigenvalue weighted by Gasteiger charge is -1.98. The molecule has 0 aliphatic heterocycles. The van der Waals surface area contributed by atoms with E-state index in [4.69, 9.17) is 11.6 Å². The summed E-state index contributed by atoms with van der Waals surface area (Å²) >= 11 is 5.85. The lowest BCUT2D eigenvalue weighted by atomic mass is 10.1. The van der Waals surface area contributed by atoms with E-state index >= 15 is 0 Å². The number of rotatable bonds is 3. The zero-order valence-electron chi connectivity index (χ0n) is 10.8. The van der Waals surface area contributed by atoms with E-state index in [1.165, 1.54) is 6.07 Å². The molecule has 0 saturated heterocycles. The number of hydrogen-bond donors (Lipinski definition) is 1.